The third-order valence-electron chi connectivity index (χ3n) is 7.90. The molecule has 39 heavy (non-hydrogen) atoms. The summed E-state index contributed by atoms with van der Waals surface area (Å²) in [7, 11) is 0. The first-order valence-electron chi connectivity index (χ1n) is 13.7. The van der Waals surface area contributed by atoms with Crippen molar-refractivity contribution in [2.75, 3.05) is 13.1 Å². The molecule has 0 bridgehead atoms. The van der Waals surface area contributed by atoms with E-state index in [9.17, 15) is 5.26 Å². The van der Waals surface area contributed by atoms with Gasteiger partial charge in [0.2, 0.25) is 0 Å². The number of rotatable bonds is 11. The first-order chi connectivity index (χ1) is 19.0. The van der Waals surface area contributed by atoms with E-state index in [0.717, 1.165) is 54.1 Å². The van der Waals surface area contributed by atoms with E-state index in [1.165, 1.54) is 0 Å². The van der Waals surface area contributed by atoms with Crippen molar-refractivity contribution in [3.8, 4) is 17.6 Å². The van der Waals surface area contributed by atoms with Gasteiger partial charge in [0.05, 0.1) is 6.07 Å². The Balaban J connectivity index is 1.19. The standard InChI is InChI=1S/C35H36N2O2/c1-34(2,21-22-35(27-36,29-15-8-4-9-16-29)30-17-10-5-11-18-30)37-24-33(25-37)39-32-20-12-19-31(23-32)38-26-28-13-6-3-7-14-28/h3-20,23,33H,21-22,24-26H2,1-2H3. The summed E-state index contributed by atoms with van der Waals surface area (Å²) < 4.78 is 12.3. The van der Waals surface area contributed by atoms with Crippen LogP contribution >= 0.6 is 0 Å². The molecule has 1 aliphatic heterocycles. The maximum atomic E-state index is 10.5. The fourth-order valence-corrected chi connectivity index (χ4v) is 5.31. The van der Waals surface area contributed by atoms with E-state index in [2.05, 4.69) is 61.2 Å². The molecule has 1 heterocycles. The third kappa shape index (κ3) is 6.16. The summed E-state index contributed by atoms with van der Waals surface area (Å²) >= 11 is 0. The van der Waals surface area contributed by atoms with Gasteiger partial charge in [-0.05, 0) is 55.5 Å². The van der Waals surface area contributed by atoms with Crippen molar-refractivity contribution in [3.63, 3.8) is 0 Å². The molecule has 1 aliphatic rings. The molecule has 4 aromatic rings. The molecule has 0 N–H and O–H groups in total. The first-order valence-corrected chi connectivity index (χ1v) is 13.7. The highest BCUT2D eigenvalue weighted by Gasteiger charge is 2.42. The Morgan fingerprint density at radius 1 is 0.744 bits per heavy atom. The average molecular weight is 517 g/mol. The second-order valence-electron chi connectivity index (χ2n) is 11.0. The van der Waals surface area contributed by atoms with Gasteiger partial charge in [0.15, 0.2) is 0 Å². The smallest absolute Gasteiger partial charge is 0.124 e. The summed E-state index contributed by atoms with van der Waals surface area (Å²) in [4.78, 5) is 2.46. The van der Waals surface area contributed by atoms with Crippen molar-refractivity contribution in [1.29, 1.82) is 5.26 Å². The lowest BCUT2D eigenvalue weighted by molar-refractivity contribution is -0.0465. The lowest BCUT2D eigenvalue weighted by Gasteiger charge is -2.49. The summed E-state index contributed by atoms with van der Waals surface area (Å²) in [6.07, 6.45) is 1.77. The fraction of sp³-hybridized carbons (Fsp3) is 0.286. The van der Waals surface area contributed by atoms with Gasteiger partial charge in [-0.1, -0.05) is 97.1 Å². The van der Waals surface area contributed by atoms with Crippen LogP contribution in [0.3, 0.4) is 0 Å². The molecule has 0 amide bonds. The van der Waals surface area contributed by atoms with E-state index < -0.39 is 5.41 Å². The maximum absolute atomic E-state index is 10.5. The second-order valence-corrected chi connectivity index (χ2v) is 11.0. The minimum Gasteiger partial charge on any atom is -0.489 e. The minimum atomic E-state index is -0.680. The normalized spacial score (nSPS) is 14.3. The van der Waals surface area contributed by atoms with Crippen LogP contribution in [0, 0.1) is 11.3 Å². The Morgan fingerprint density at radius 3 is 1.90 bits per heavy atom. The average Bonchev–Trinajstić information content (AvgIpc) is 2.96. The first kappa shape index (κ1) is 26.5. The lowest BCUT2D eigenvalue weighted by atomic mass is 9.70. The minimum absolute atomic E-state index is 0.0633. The molecule has 1 fully saturated rings. The van der Waals surface area contributed by atoms with Crippen molar-refractivity contribution in [3.05, 3.63) is 132 Å². The zero-order valence-corrected chi connectivity index (χ0v) is 22.8. The molecule has 0 aromatic heterocycles. The van der Waals surface area contributed by atoms with Gasteiger partial charge in [-0.15, -0.1) is 0 Å². The molecule has 198 valence electrons. The summed E-state index contributed by atoms with van der Waals surface area (Å²) in [6.45, 7) is 6.81. The van der Waals surface area contributed by atoms with Crippen LogP contribution in [0.4, 0.5) is 0 Å². The number of nitriles is 1. The number of hydrogen-bond donors (Lipinski definition) is 0. The zero-order chi connectivity index (χ0) is 27.1. The molecule has 0 saturated carbocycles. The Kier molecular flexibility index (Phi) is 8.00. The van der Waals surface area contributed by atoms with Gasteiger partial charge in [-0.3, -0.25) is 4.90 Å². The summed E-state index contributed by atoms with van der Waals surface area (Å²) in [5.74, 6) is 1.64. The van der Waals surface area contributed by atoms with Crippen molar-refractivity contribution in [2.45, 2.75) is 50.4 Å². The molecular weight excluding hydrogens is 480 g/mol. The van der Waals surface area contributed by atoms with Crippen LogP contribution < -0.4 is 9.47 Å². The van der Waals surface area contributed by atoms with Gasteiger partial charge in [-0.25, -0.2) is 0 Å². The Morgan fingerprint density at radius 2 is 1.31 bits per heavy atom. The SMILES string of the molecule is CC(C)(CCC(C#N)(c1ccccc1)c1ccccc1)N1CC(Oc2cccc(OCc3ccccc3)c2)C1. The van der Waals surface area contributed by atoms with E-state index in [0.29, 0.717) is 6.61 Å². The van der Waals surface area contributed by atoms with E-state index in [1.807, 2.05) is 78.9 Å². The van der Waals surface area contributed by atoms with E-state index in [1.54, 1.807) is 0 Å². The van der Waals surface area contributed by atoms with Crippen molar-refractivity contribution in [1.82, 2.24) is 4.90 Å². The Hall–Kier alpha value is -4.07. The molecule has 5 rings (SSSR count). The number of ether oxygens (including phenoxy) is 2. The number of benzene rings is 4. The van der Waals surface area contributed by atoms with Gasteiger partial charge >= 0.3 is 0 Å². The topological polar surface area (TPSA) is 45.5 Å². The predicted octanol–water partition coefficient (Wildman–Crippen LogP) is 7.40. The third-order valence-corrected chi connectivity index (χ3v) is 7.90. The summed E-state index contributed by atoms with van der Waals surface area (Å²) in [5.41, 5.74) is 2.50. The molecule has 4 heteroatoms. The van der Waals surface area contributed by atoms with E-state index >= 15 is 0 Å². The van der Waals surface area contributed by atoms with Crippen LogP contribution in [0.25, 0.3) is 0 Å². The van der Waals surface area contributed by atoms with Crippen LogP contribution in [0.2, 0.25) is 0 Å². The maximum Gasteiger partial charge on any atom is 0.124 e. The largest absolute Gasteiger partial charge is 0.489 e. The Labute approximate surface area is 232 Å². The Bertz CT molecular complexity index is 1340. The molecule has 0 atom stereocenters. The molecule has 0 spiro atoms. The number of nitrogens with zero attached hydrogens (tertiary/aromatic N) is 2. The second kappa shape index (κ2) is 11.8. The highest BCUT2D eigenvalue weighted by atomic mass is 16.5. The highest BCUT2D eigenvalue weighted by molar-refractivity contribution is 5.45. The molecule has 0 aliphatic carbocycles. The van der Waals surface area contributed by atoms with Gasteiger partial charge in [0, 0.05) is 24.7 Å². The van der Waals surface area contributed by atoms with E-state index in [-0.39, 0.29) is 11.6 Å². The van der Waals surface area contributed by atoms with Crippen LogP contribution in [-0.2, 0) is 12.0 Å². The van der Waals surface area contributed by atoms with Gasteiger partial charge in [0.1, 0.15) is 29.6 Å². The zero-order valence-electron chi connectivity index (χ0n) is 22.8. The van der Waals surface area contributed by atoms with Crippen molar-refractivity contribution < 1.29 is 9.47 Å². The van der Waals surface area contributed by atoms with E-state index in [4.69, 9.17) is 9.47 Å². The number of hydrogen-bond acceptors (Lipinski definition) is 4. The molecule has 4 nitrogen and oxygen atoms in total. The monoisotopic (exact) mass is 516 g/mol. The van der Waals surface area contributed by atoms with Gasteiger partial charge in [0.25, 0.3) is 0 Å². The molecule has 0 radical (unpaired) electrons. The van der Waals surface area contributed by atoms with Crippen LogP contribution in [-0.4, -0.2) is 29.6 Å². The molecular formula is C35H36N2O2. The van der Waals surface area contributed by atoms with Crippen LogP contribution in [0.5, 0.6) is 11.5 Å². The summed E-state index contributed by atoms with van der Waals surface area (Å²) in [5, 5.41) is 10.5. The fourth-order valence-electron chi connectivity index (χ4n) is 5.31. The molecule has 1 saturated heterocycles. The van der Waals surface area contributed by atoms with Gasteiger partial charge < -0.3 is 9.47 Å². The van der Waals surface area contributed by atoms with Crippen LogP contribution in [0.15, 0.2) is 115 Å². The van der Waals surface area contributed by atoms with Crippen molar-refractivity contribution >= 4 is 0 Å². The quantitative estimate of drug-likeness (QED) is 0.208. The predicted molar refractivity (Wildman–Crippen MR) is 156 cm³/mol. The lowest BCUT2D eigenvalue weighted by Crippen LogP contribution is -2.62. The summed E-state index contributed by atoms with van der Waals surface area (Å²) in [6, 6.07) is 41.2. The highest BCUT2D eigenvalue weighted by Crippen LogP contribution is 2.40. The van der Waals surface area contributed by atoms with Crippen LogP contribution in [0.1, 0.15) is 43.4 Å². The number of likely N-dealkylation sites (tertiary alicyclic amines) is 1. The molecule has 0 unspecified atom stereocenters. The molecule has 4 aromatic carbocycles. The van der Waals surface area contributed by atoms with Gasteiger partial charge in [-0.2, -0.15) is 5.26 Å². The van der Waals surface area contributed by atoms with Crippen molar-refractivity contribution in [2.24, 2.45) is 0 Å².